The van der Waals surface area contributed by atoms with Crippen LogP contribution in [0.4, 0.5) is 4.79 Å². The fourth-order valence-corrected chi connectivity index (χ4v) is 2.61. The van der Waals surface area contributed by atoms with Gasteiger partial charge in [0, 0.05) is 6.04 Å². The third kappa shape index (κ3) is 4.94. The zero-order valence-electron chi connectivity index (χ0n) is 14.0. The number of nitrogens with zero attached hydrogens (tertiary/aromatic N) is 3. The molecule has 8 nitrogen and oxygen atoms in total. The standard InChI is InChI=1S/C15H24N4O4/c1-15(2,3)23-14(21)16-10-5-7-11(8-6-10)19-9-12(17-18-19)13(20)22-4/h9-11H,5-8H2,1-4H3,(H,16,21). The molecule has 0 aromatic carbocycles. The highest BCUT2D eigenvalue weighted by Gasteiger charge is 2.26. The van der Waals surface area contributed by atoms with Crippen LogP contribution in [0.1, 0.15) is 63.0 Å². The van der Waals surface area contributed by atoms with Gasteiger partial charge in [-0.2, -0.15) is 0 Å². The Balaban J connectivity index is 1.83. The van der Waals surface area contributed by atoms with E-state index in [1.165, 1.54) is 7.11 Å². The highest BCUT2D eigenvalue weighted by atomic mass is 16.6. The van der Waals surface area contributed by atoms with Crippen molar-refractivity contribution in [3.05, 3.63) is 11.9 Å². The fourth-order valence-electron chi connectivity index (χ4n) is 2.61. The lowest BCUT2D eigenvalue weighted by Crippen LogP contribution is -2.41. The van der Waals surface area contributed by atoms with Gasteiger partial charge >= 0.3 is 12.1 Å². The molecule has 1 saturated carbocycles. The number of carbonyl (C=O) groups excluding carboxylic acids is 2. The van der Waals surface area contributed by atoms with Gasteiger partial charge in [0.2, 0.25) is 0 Å². The lowest BCUT2D eigenvalue weighted by Gasteiger charge is -2.29. The summed E-state index contributed by atoms with van der Waals surface area (Å²) in [7, 11) is 1.31. The second kappa shape index (κ2) is 6.97. The topological polar surface area (TPSA) is 95.3 Å². The van der Waals surface area contributed by atoms with E-state index in [9.17, 15) is 9.59 Å². The van der Waals surface area contributed by atoms with Crippen LogP contribution in [0, 0.1) is 0 Å². The van der Waals surface area contributed by atoms with Gasteiger partial charge in [0.15, 0.2) is 5.69 Å². The molecule has 8 heteroatoms. The molecule has 2 rings (SSSR count). The number of rotatable bonds is 3. The molecule has 0 atom stereocenters. The largest absolute Gasteiger partial charge is 0.464 e. The van der Waals surface area contributed by atoms with E-state index < -0.39 is 11.6 Å². The molecule has 1 amide bonds. The van der Waals surface area contributed by atoms with Gasteiger partial charge < -0.3 is 14.8 Å². The molecule has 1 fully saturated rings. The number of ether oxygens (including phenoxy) is 2. The summed E-state index contributed by atoms with van der Waals surface area (Å²) in [4.78, 5) is 23.2. The van der Waals surface area contributed by atoms with E-state index in [1.54, 1.807) is 10.9 Å². The second-order valence-electron chi connectivity index (χ2n) is 6.73. The highest BCUT2D eigenvalue weighted by molar-refractivity contribution is 5.86. The van der Waals surface area contributed by atoms with Crippen LogP contribution in [0.15, 0.2) is 6.20 Å². The van der Waals surface area contributed by atoms with Crippen molar-refractivity contribution in [2.24, 2.45) is 0 Å². The number of hydrogen-bond donors (Lipinski definition) is 1. The Morgan fingerprint density at radius 1 is 1.26 bits per heavy atom. The monoisotopic (exact) mass is 324 g/mol. The van der Waals surface area contributed by atoms with Crippen LogP contribution in [-0.2, 0) is 9.47 Å². The van der Waals surface area contributed by atoms with Gasteiger partial charge in [0.25, 0.3) is 0 Å². The van der Waals surface area contributed by atoms with E-state index in [0.717, 1.165) is 25.7 Å². The van der Waals surface area contributed by atoms with Gasteiger partial charge in [-0.3, -0.25) is 0 Å². The molecule has 0 radical (unpaired) electrons. The fraction of sp³-hybridized carbons (Fsp3) is 0.733. The molecule has 0 aliphatic heterocycles. The number of aromatic nitrogens is 3. The van der Waals surface area contributed by atoms with Crippen molar-refractivity contribution in [1.82, 2.24) is 20.3 Å². The Morgan fingerprint density at radius 2 is 1.91 bits per heavy atom. The summed E-state index contributed by atoms with van der Waals surface area (Å²) < 4.78 is 11.6. The van der Waals surface area contributed by atoms with Crippen LogP contribution in [-0.4, -0.2) is 45.8 Å². The summed E-state index contributed by atoms with van der Waals surface area (Å²) in [5.41, 5.74) is -0.284. The summed E-state index contributed by atoms with van der Waals surface area (Å²) in [6.45, 7) is 5.52. The van der Waals surface area contributed by atoms with Gasteiger partial charge in [-0.25, -0.2) is 14.3 Å². The SMILES string of the molecule is COC(=O)c1cn(C2CCC(NC(=O)OC(C)(C)C)CC2)nn1. The Bertz CT molecular complexity index is 556. The van der Waals surface area contributed by atoms with Gasteiger partial charge in [-0.05, 0) is 46.5 Å². The predicted octanol–water partition coefficient (Wildman–Crippen LogP) is 2.07. The summed E-state index contributed by atoms with van der Waals surface area (Å²) in [5.74, 6) is -0.489. The zero-order valence-corrected chi connectivity index (χ0v) is 14.0. The van der Waals surface area contributed by atoms with Gasteiger partial charge in [0.1, 0.15) is 5.60 Å². The first-order chi connectivity index (χ1) is 10.8. The molecule has 1 aliphatic carbocycles. The van der Waals surface area contributed by atoms with E-state index in [0.29, 0.717) is 0 Å². The molecule has 1 heterocycles. The minimum Gasteiger partial charge on any atom is -0.464 e. The zero-order chi connectivity index (χ0) is 17.0. The van der Waals surface area contributed by atoms with Crippen LogP contribution in [0.25, 0.3) is 0 Å². The van der Waals surface area contributed by atoms with Crippen molar-refractivity contribution in [3.63, 3.8) is 0 Å². The first kappa shape index (κ1) is 17.2. The number of nitrogens with one attached hydrogen (secondary N) is 1. The summed E-state index contributed by atoms with van der Waals surface area (Å²) in [6, 6.07) is 0.280. The van der Waals surface area contributed by atoms with Gasteiger partial charge in [-0.1, -0.05) is 5.21 Å². The van der Waals surface area contributed by atoms with E-state index in [-0.39, 0.29) is 23.9 Å². The predicted molar refractivity (Wildman–Crippen MR) is 82.0 cm³/mol. The first-order valence-corrected chi connectivity index (χ1v) is 7.78. The van der Waals surface area contributed by atoms with Crippen molar-refractivity contribution in [1.29, 1.82) is 0 Å². The van der Waals surface area contributed by atoms with E-state index in [4.69, 9.17) is 4.74 Å². The van der Waals surface area contributed by atoms with Gasteiger partial charge in [0.05, 0.1) is 19.3 Å². The van der Waals surface area contributed by atoms with E-state index in [2.05, 4.69) is 20.4 Å². The van der Waals surface area contributed by atoms with Crippen LogP contribution in [0.5, 0.6) is 0 Å². The smallest absolute Gasteiger partial charge is 0.407 e. The second-order valence-corrected chi connectivity index (χ2v) is 6.73. The number of alkyl carbamates (subject to hydrolysis) is 1. The van der Waals surface area contributed by atoms with Crippen molar-refractivity contribution >= 4 is 12.1 Å². The number of amides is 1. The van der Waals surface area contributed by atoms with Crippen molar-refractivity contribution in [2.75, 3.05) is 7.11 Å². The highest BCUT2D eigenvalue weighted by Crippen LogP contribution is 2.28. The molecule has 23 heavy (non-hydrogen) atoms. The molecular formula is C15H24N4O4. The minimum absolute atomic E-state index is 0.102. The van der Waals surface area contributed by atoms with Crippen LogP contribution < -0.4 is 5.32 Å². The molecule has 1 N–H and O–H groups in total. The molecule has 1 aliphatic rings. The summed E-state index contributed by atoms with van der Waals surface area (Å²) in [6.07, 6.45) is 4.59. The maximum atomic E-state index is 11.8. The molecule has 0 spiro atoms. The Kier molecular flexibility index (Phi) is 5.23. The minimum atomic E-state index is -0.494. The van der Waals surface area contributed by atoms with Crippen molar-refractivity contribution in [3.8, 4) is 0 Å². The number of hydrogen-bond acceptors (Lipinski definition) is 6. The van der Waals surface area contributed by atoms with E-state index in [1.807, 2.05) is 20.8 Å². The average Bonchev–Trinajstić information content (AvgIpc) is 2.95. The van der Waals surface area contributed by atoms with Crippen LogP contribution >= 0.6 is 0 Å². The first-order valence-electron chi connectivity index (χ1n) is 7.78. The molecular weight excluding hydrogens is 300 g/mol. The molecule has 0 saturated heterocycles. The number of carbonyl (C=O) groups is 2. The van der Waals surface area contributed by atoms with Crippen molar-refractivity contribution < 1.29 is 19.1 Å². The molecule has 1 aromatic heterocycles. The summed E-state index contributed by atoms with van der Waals surface area (Å²) >= 11 is 0. The lowest BCUT2D eigenvalue weighted by atomic mass is 9.91. The third-order valence-electron chi connectivity index (χ3n) is 3.70. The molecule has 0 unspecified atom stereocenters. The maximum absolute atomic E-state index is 11.8. The lowest BCUT2D eigenvalue weighted by molar-refractivity contribution is 0.0486. The maximum Gasteiger partial charge on any atom is 0.407 e. The van der Waals surface area contributed by atoms with Crippen LogP contribution in [0.2, 0.25) is 0 Å². The van der Waals surface area contributed by atoms with Crippen LogP contribution in [0.3, 0.4) is 0 Å². The Morgan fingerprint density at radius 3 is 2.48 bits per heavy atom. The Hall–Kier alpha value is -2.12. The van der Waals surface area contributed by atoms with E-state index >= 15 is 0 Å². The number of methoxy groups -OCH3 is 1. The molecule has 1 aromatic rings. The molecule has 128 valence electrons. The third-order valence-corrected chi connectivity index (χ3v) is 3.70. The summed E-state index contributed by atoms with van der Waals surface area (Å²) in [5, 5.41) is 10.7. The van der Waals surface area contributed by atoms with Crippen molar-refractivity contribution in [2.45, 2.75) is 64.1 Å². The molecule has 0 bridgehead atoms. The number of esters is 1. The van der Waals surface area contributed by atoms with Gasteiger partial charge in [-0.15, -0.1) is 5.10 Å². The average molecular weight is 324 g/mol. The Labute approximate surface area is 135 Å². The normalized spacial score (nSPS) is 21.6. The quantitative estimate of drug-likeness (QED) is 0.855.